The van der Waals surface area contributed by atoms with Crippen molar-refractivity contribution in [3.63, 3.8) is 0 Å². The van der Waals surface area contributed by atoms with Gasteiger partial charge in [0.05, 0.1) is 5.69 Å². The summed E-state index contributed by atoms with van der Waals surface area (Å²) in [5.74, 6) is 0.692. The van der Waals surface area contributed by atoms with Gasteiger partial charge in [-0.1, -0.05) is 13.0 Å². The maximum atomic E-state index is 11.6. The van der Waals surface area contributed by atoms with E-state index in [9.17, 15) is 4.79 Å². The zero-order valence-corrected chi connectivity index (χ0v) is 19.6. The fourth-order valence-electron chi connectivity index (χ4n) is 4.50. The number of carbonyl (C=O) groups excluding carboxylic acids is 1. The molecule has 8 nitrogen and oxygen atoms in total. The fourth-order valence-corrected chi connectivity index (χ4v) is 4.50. The van der Waals surface area contributed by atoms with Crippen molar-refractivity contribution in [3.05, 3.63) is 61.1 Å². The smallest absolute Gasteiger partial charge is 0.227 e. The highest BCUT2D eigenvalue weighted by Crippen LogP contribution is 2.29. The van der Waals surface area contributed by atoms with E-state index >= 15 is 0 Å². The first kappa shape index (κ1) is 21.9. The van der Waals surface area contributed by atoms with Gasteiger partial charge in [0.1, 0.15) is 5.65 Å². The summed E-state index contributed by atoms with van der Waals surface area (Å²) in [5, 5.41) is 4.45. The van der Waals surface area contributed by atoms with Crippen molar-refractivity contribution in [2.75, 3.05) is 36.4 Å². The predicted molar refractivity (Wildman–Crippen MR) is 135 cm³/mol. The van der Waals surface area contributed by atoms with Gasteiger partial charge < -0.3 is 19.7 Å². The van der Waals surface area contributed by atoms with Crippen LogP contribution in [0.4, 0.5) is 17.3 Å². The van der Waals surface area contributed by atoms with E-state index in [2.05, 4.69) is 56.1 Å². The molecular formula is C26H29N7O. The molecule has 1 amide bonds. The third-order valence-electron chi connectivity index (χ3n) is 6.22. The fraction of sp³-hybridized carbons (Fsp3) is 0.308. The first-order valence-electron chi connectivity index (χ1n) is 11.8. The molecule has 0 aliphatic carbocycles. The van der Waals surface area contributed by atoms with Gasteiger partial charge >= 0.3 is 0 Å². The normalized spacial score (nSPS) is 13.9. The molecule has 0 bridgehead atoms. The molecule has 0 unspecified atom stereocenters. The van der Waals surface area contributed by atoms with Crippen LogP contribution in [0.1, 0.15) is 20.3 Å². The van der Waals surface area contributed by atoms with Crippen molar-refractivity contribution < 1.29 is 4.79 Å². The summed E-state index contributed by atoms with van der Waals surface area (Å²) in [5.41, 5.74) is 4.95. The van der Waals surface area contributed by atoms with Crippen LogP contribution in [0.15, 0.2) is 61.1 Å². The van der Waals surface area contributed by atoms with E-state index in [0.717, 1.165) is 72.8 Å². The first-order chi connectivity index (χ1) is 16.6. The van der Waals surface area contributed by atoms with Gasteiger partial charge in [-0.15, -0.1) is 0 Å². The molecule has 3 aromatic heterocycles. The molecule has 4 aromatic rings. The van der Waals surface area contributed by atoms with E-state index in [0.29, 0.717) is 5.95 Å². The van der Waals surface area contributed by atoms with Crippen molar-refractivity contribution in [3.8, 4) is 11.3 Å². The van der Waals surface area contributed by atoms with E-state index in [1.165, 1.54) is 0 Å². The quantitative estimate of drug-likeness (QED) is 0.467. The molecule has 0 spiro atoms. The van der Waals surface area contributed by atoms with Crippen LogP contribution >= 0.6 is 0 Å². The summed E-state index contributed by atoms with van der Waals surface area (Å²) in [6.07, 6.45) is 6.79. The Bertz CT molecular complexity index is 1310. The van der Waals surface area contributed by atoms with Gasteiger partial charge in [0, 0.05) is 80.6 Å². The second-order valence-corrected chi connectivity index (χ2v) is 8.54. The van der Waals surface area contributed by atoms with Crippen LogP contribution in [0.3, 0.4) is 0 Å². The number of aryl methyl sites for hydroxylation is 1. The predicted octanol–water partition coefficient (Wildman–Crippen LogP) is 4.32. The monoisotopic (exact) mass is 455 g/mol. The second kappa shape index (κ2) is 9.51. The number of piperazine rings is 1. The zero-order chi connectivity index (χ0) is 23.5. The van der Waals surface area contributed by atoms with Crippen LogP contribution in [-0.2, 0) is 11.3 Å². The topological polar surface area (TPSA) is 79.2 Å². The molecule has 1 aromatic carbocycles. The molecule has 0 radical (unpaired) electrons. The highest BCUT2D eigenvalue weighted by atomic mass is 16.2. The molecule has 8 heteroatoms. The summed E-state index contributed by atoms with van der Waals surface area (Å²) in [6.45, 7) is 7.86. The summed E-state index contributed by atoms with van der Waals surface area (Å²) < 4.78 is 2.19. The Hall–Kier alpha value is -3.94. The minimum Gasteiger partial charge on any atom is -0.368 e. The van der Waals surface area contributed by atoms with Crippen molar-refractivity contribution in [1.29, 1.82) is 0 Å². The van der Waals surface area contributed by atoms with E-state index in [-0.39, 0.29) is 5.91 Å². The second-order valence-electron chi connectivity index (χ2n) is 8.54. The van der Waals surface area contributed by atoms with Crippen LogP contribution < -0.4 is 10.2 Å². The van der Waals surface area contributed by atoms with Crippen LogP contribution in [0.2, 0.25) is 0 Å². The Balaban J connectivity index is 1.37. The molecule has 1 fully saturated rings. The largest absolute Gasteiger partial charge is 0.368 e. The molecule has 1 aliphatic heterocycles. The Kier molecular flexibility index (Phi) is 6.12. The number of amides is 1. The van der Waals surface area contributed by atoms with Gasteiger partial charge in [-0.25, -0.2) is 15.0 Å². The van der Waals surface area contributed by atoms with Crippen LogP contribution in [0, 0.1) is 0 Å². The van der Waals surface area contributed by atoms with Gasteiger partial charge in [0.25, 0.3) is 0 Å². The van der Waals surface area contributed by atoms with E-state index in [4.69, 9.17) is 4.98 Å². The van der Waals surface area contributed by atoms with E-state index in [1.807, 2.05) is 35.4 Å². The zero-order valence-electron chi connectivity index (χ0n) is 19.6. The molecule has 0 saturated carbocycles. The highest BCUT2D eigenvalue weighted by molar-refractivity contribution is 5.93. The third kappa shape index (κ3) is 4.44. The van der Waals surface area contributed by atoms with Gasteiger partial charge in [-0.3, -0.25) is 4.79 Å². The van der Waals surface area contributed by atoms with Crippen molar-refractivity contribution in [2.45, 2.75) is 26.8 Å². The number of hydrogen-bond acceptors (Lipinski definition) is 6. The van der Waals surface area contributed by atoms with Crippen LogP contribution in [0.25, 0.3) is 22.3 Å². The lowest BCUT2D eigenvalue weighted by Crippen LogP contribution is -2.48. The van der Waals surface area contributed by atoms with E-state index < -0.39 is 0 Å². The third-order valence-corrected chi connectivity index (χ3v) is 6.22. The van der Waals surface area contributed by atoms with E-state index in [1.54, 1.807) is 13.1 Å². The van der Waals surface area contributed by atoms with Crippen molar-refractivity contribution in [1.82, 2.24) is 24.4 Å². The molecule has 5 rings (SSSR count). The summed E-state index contributed by atoms with van der Waals surface area (Å²) >= 11 is 0. The molecule has 0 atom stereocenters. The number of benzene rings is 1. The Morgan fingerprint density at radius 3 is 2.68 bits per heavy atom. The maximum absolute atomic E-state index is 11.6. The Labute approximate surface area is 199 Å². The number of nitrogens with one attached hydrogen (secondary N) is 1. The number of nitrogens with zero attached hydrogens (tertiary/aromatic N) is 6. The average Bonchev–Trinajstić information content (AvgIpc) is 3.23. The lowest BCUT2D eigenvalue weighted by molar-refractivity contribution is -0.129. The molecule has 174 valence electrons. The van der Waals surface area contributed by atoms with Crippen molar-refractivity contribution >= 4 is 34.3 Å². The van der Waals surface area contributed by atoms with Gasteiger partial charge in [-0.2, -0.15) is 0 Å². The average molecular weight is 456 g/mol. The minimum absolute atomic E-state index is 0.140. The number of anilines is 3. The van der Waals surface area contributed by atoms with Crippen molar-refractivity contribution in [2.24, 2.45) is 0 Å². The first-order valence-corrected chi connectivity index (χ1v) is 11.8. The minimum atomic E-state index is 0.140. The van der Waals surface area contributed by atoms with Gasteiger partial charge in [-0.05, 0) is 42.8 Å². The number of fused-ring (bicyclic) bond motifs is 1. The number of rotatable bonds is 6. The molecule has 1 N–H and O–H groups in total. The maximum Gasteiger partial charge on any atom is 0.227 e. The Morgan fingerprint density at radius 2 is 1.88 bits per heavy atom. The van der Waals surface area contributed by atoms with Crippen LogP contribution in [0.5, 0.6) is 0 Å². The summed E-state index contributed by atoms with van der Waals surface area (Å²) in [7, 11) is 0. The number of aromatic nitrogens is 4. The number of pyridine rings is 1. The van der Waals surface area contributed by atoms with Gasteiger partial charge in [0.15, 0.2) is 0 Å². The lowest BCUT2D eigenvalue weighted by atomic mass is 10.1. The van der Waals surface area contributed by atoms with Crippen LogP contribution in [-0.4, -0.2) is 56.5 Å². The molecular weight excluding hydrogens is 426 g/mol. The highest BCUT2D eigenvalue weighted by Gasteiger charge is 2.19. The standard InChI is InChI=1S/C26H29N7O/c1-3-12-33-18-23(22-8-5-10-27-25(22)33)24-9-11-28-26(30-24)29-20-6-4-7-21(17-20)32-15-13-31(14-16-32)19(2)34/h4-11,17-18H,3,12-16H2,1-2H3,(H,28,29,30). The molecule has 34 heavy (non-hydrogen) atoms. The number of hydrogen-bond donors (Lipinski definition) is 1. The molecule has 1 saturated heterocycles. The lowest BCUT2D eigenvalue weighted by Gasteiger charge is -2.35. The molecule has 1 aliphatic rings. The summed E-state index contributed by atoms with van der Waals surface area (Å²) in [4.78, 5) is 29.7. The molecule has 4 heterocycles. The summed E-state index contributed by atoms with van der Waals surface area (Å²) in [6, 6.07) is 14.2. The van der Waals surface area contributed by atoms with Gasteiger partial charge in [0.2, 0.25) is 11.9 Å². The SMILES string of the molecule is CCCn1cc(-c2ccnc(Nc3cccc(N4CCN(C(C)=O)CC4)c3)n2)c2cccnc21. The Morgan fingerprint density at radius 1 is 1.03 bits per heavy atom. The number of carbonyl (C=O) groups is 1.